The van der Waals surface area contributed by atoms with Gasteiger partial charge in [0, 0.05) is 18.4 Å². The van der Waals surface area contributed by atoms with E-state index < -0.39 is 0 Å². The van der Waals surface area contributed by atoms with E-state index in [1.165, 1.54) is 11.9 Å². The van der Waals surface area contributed by atoms with E-state index >= 15 is 0 Å². The Morgan fingerprint density at radius 2 is 2.10 bits per heavy atom. The van der Waals surface area contributed by atoms with E-state index in [1.807, 2.05) is 36.4 Å². The third kappa shape index (κ3) is 2.34. The molecular formula is C15H13ClN2O2. The number of rotatable bonds is 2. The fraction of sp³-hybridized carbons (Fsp3) is 0.200. The summed E-state index contributed by atoms with van der Waals surface area (Å²) >= 11 is 5.89. The summed E-state index contributed by atoms with van der Waals surface area (Å²) < 4.78 is 5.41. The van der Waals surface area contributed by atoms with Crippen molar-refractivity contribution in [3.8, 4) is 0 Å². The summed E-state index contributed by atoms with van der Waals surface area (Å²) in [6.07, 6.45) is 2.24. The number of nitrogens with zero attached hydrogens (tertiary/aromatic N) is 2. The molecule has 20 heavy (non-hydrogen) atoms. The zero-order valence-electron chi connectivity index (χ0n) is 10.9. The number of hydrogen-bond acceptors (Lipinski definition) is 3. The maximum absolute atomic E-state index is 11.7. The first-order chi connectivity index (χ1) is 9.65. The lowest BCUT2D eigenvalue weighted by molar-refractivity contribution is -0.130. The van der Waals surface area contributed by atoms with Crippen molar-refractivity contribution >= 4 is 23.2 Å². The quantitative estimate of drug-likeness (QED) is 0.847. The van der Waals surface area contributed by atoms with Crippen LogP contribution in [-0.4, -0.2) is 16.6 Å². The van der Waals surface area contributed by atoms with Crippen molar-refractivity contribution in [1.82, 2.24) is 5.01 Å². The van der Waals surface area contributed by atoms with Crippen LogP contribution in [0.15, 0.2) is 52.2 Å². The second-order valence-corrected chi connectivity index (χ2v) is 5.09. The topological polar surface area (TPSA) is 45.8 Å². The van der Waals surface area contributed by atoms with Crippen molar-refractivity contribution in [2.45, 2.75) is 19.4 Å². The molecule has 5 heteroatoms. The summed E-state index contributed by atoms with van der Waals surface area (Å²) in [4.78, 5) is 11.7. The van der Waals surface area contributed by atoms with Crippen LogP contribution in [0.1, 0.15) is 30.7 Å². The number of carbonyl (C=O) groups is 1. The Kier molecular flexibility index (Phi) is 3.32. The lowest BCUT2D eigenvalue weighted by Gasteiger charge is -2.17. The molecule has 0 N–H and O–H groups in total. The predicted molar refractivity (Wildman–Crippen MR) is 76.6 cm³/mol. The molecule has 1 aliphatic rings. The summed E-state index contributed by atoms with van der Waals surface area (Å²) in [5, 5.41) is 6.58. The number of furan rings is 1. The highest BCUT2D eigenvalue weighted by atomic mass is 35.5. The molecule has 102 valence electrons. The molecule has 0 unspecified atom stereocenters. The van der Waals surface area contributed by atoms with Crippen LogP contribution in [0.2, 0.25) is 5.02 Å². The molecule has 0 saturated carbocycles. The normalized spacial score (nSPS) is 18.2. The Morgan fingerprint density at radius 1 is 1.35 bits per heavy atom. The molecule has 0 radical (unpaired) electrons. The van der Waals surface area contributed by atoms with Crippen LogP contribution in [0.25, 0.3) is 0 Å². The fourth-order valence-corrected chi connectivity index (χ4v) is 2.45. The average molecular weight is 289 g/mol. The van der Waals surface area contributed by atoms with Gasteiger partial charge in [0.05, 0.1) is 12.0 Å². The van der Waals surface area contributed by atoms with Crippen LogP contribution in [0.3, 0.4) is 0 Å². The number of hydrazone groups is 1. The Bertz CT molecular complexity index is 647. The summed E-state index contributed by atoms with van der Waals surface area (Å²) in [6.45, 7) is 1.50. The van der Waals surface area contributed by atoms with Gasteiger partial charge >= 0.3 is 0 Å². The first-order valence-corrected chi connectivity index (χ1v) is 6.69. The minimum atomic E-state index is -0.173. The van der Waals surface area contributed by atoms with Crippen LogP contribution in [0.5, 0.6) is 0 Å². The highest BCUT2D eigenvalue weighted by Gasteiger charge is 2.33. The molecule has 1 amide bonds. The van der Waals surface area contributed by atoms with Crippen molar-refractivity contribution < 1.29 is 9.21 Å². The Hall–Kier alpha value is -2.07. The molecule has 1 aromatic carbocycles. The van der Waals surface area contributed by atoms with Gasteiger partial charge in [0.15, 0.2) is 0 Å². The average Bonchev–Trinajstić information content (AvgIpc) is 3.08. The second-order valence-electron chi connectivity index (χ2n) is 4.65. The molecule has 0 saturated heterocycles. The molecular weight excluding hydrogens is 276 g/mol. The van der Waals surface area contributed by atoms with Crippen LogP contribution >= 0.6 is 11.6 Å². The zero-order chi connectivity index (χ0) is 14.1. The highest BCUT2D eigenvalue weighted by Crippen LogP contribution is 2.33. The number of carbonyl (C=O) groups excluding carboxylic acids is 1. The smallest absolute Gasteiger partial charge is 0.240 e. The minimum absolute atomic E-state index is 0.102. The molecule has 0 bridgehead atoms. The van der Waals surface area contributed by atoms with Crippen molar-refractivity contribution in [3.05, 3.63) is 59.0 Å². The van der Waals surface area contributed by atoms with Crippen LogP contribution in [0, 0.1) is 0 Å². The molecule has 2 heterocycles. The van der Waals surface area contributed by atoms with Crippen molar-refractivity contribution in [3.63, 3.8) is 0 Å². The third-order valence-electron chi connectivity index (χ3n) is 3.28. The maximum Gasteiger partial charge on any atom is 0.240 e. The van der Waals surface area contributed by atoms with Crippen molar-refractivity contribution in [1.29, 1.82) is 0 Å². The minimum Gasteiger partial charge on any atom is -0.467 e. The second kappa shape index (κ2) is 5.13. The highest BCUT2D eigenvalue weighted by molar-refractivity contribution is 6.30. The number of benzene rings is 1. The summed E-state index contributed by atoms with van der Waals surface area (Å²) in [7, 11) is 0. The lowest BCUT2D eigenvalue weighted by Crippen LogP contribution is -2.23. The largest absolute Gasteiger partial charge is 0.467 e. The fourth-order valence-electron chi connectivity index (χ4n) is 2.32. The molecule has 4 nitrogen and oxygen atoms in total. The van der Waals surface area contributed by atoms with E-state index in [0.717, 1.165) is 17.0 Å². The summed E-state index contributed by atoms with van der Waals surface area (Å²) in [6, 6.07) is 11.0. The first kappa shape index (κ1) is 12.9. The van der Waals surface area contributed by atoms with E-state index in [1.54, 1.807) is 6.26 Å². The van der Waals surface area contributed by atoms with Gasteiger partial charge in [-0.25, -0.2) is 5.01 Å². The number of amides is 1. The van der Waals surface area contributed by atoms with Gasteiger partial charge in [-0.1, -0.05) is 23.7 Å². The van der Waals surface area contributed by atoms with Crippen LogP contribution < -0.4 is 0 Å². The first-order valence-electron chi connectivity index (χ1n) is 6.32. The Morgan fingerprint density at radius 3 is 2.70 bits per heavy atom. The lowest BCUT2D eigenvalue weighted by atomic mass is 10.0. The third-order valence-corrected chi connectivity index (χ3v) is 3.53. The van der Waals surface area contributed by atoms with Crippen LogP contribution in [-0.2, 0) is 4.79 Å². The van der Waals surface area contributed by atoms with Gasteiger partial charge in [-0.2, -0.15) is 5.10 Å². The Labute approximate surface area is 121 Å². The van der Waals surface area contributed by atoms with Crippen molar-refractivity contribution in [2.75, 3.05) is 0 Å². The molecule has 0 aliphatic carbocycles. The molecule has 1 atom stereocenters. The number of halogens is 1. The van der Waals surface area contributed by atoms with Gasteiger partial charge in [-0.3, -0.25) is 4.79 Å². The van der Waals surface area contributed by atoms with Gasteiger partial charge in [0.1, 0.15) is 11.8 Å². The number of hydrogen-bond donors (Lipinski definition) is 0. The van der Waals surface area contributed by atoms with E-state index in [0.29, 0.717) is 11.4 Å². The van der Waals surface area contributed by atoms with E-state index in [2.05, 4.69) is 5.10 Å². The molecule has 3 rings (SSSR count). The van der Waals surface area contributed by atoms with Gasteiger partial charge in [-0.05, 0) is 29.8 Å². The molecule has 2 aromatic rings. The molecule has 1 aliphatic heterocycles. The zero-order valence-corrected chi connectivity index (χ0v) is 11.7. The van der Waals surface area contributed by atoms with Crippen LogP contribution in [0.4, 0.5) is 0 Å². The maximum atomic E-state index is 11.7. The molecule has 0 spiro atoms. The molecule has 1 aromatic heterocycles. The van der Waals surface area contributed by atoms with E-state index in [4.69, 9.17) is 16.0 Å². The predicted octanol–water partition coefficient (Wildman–Crippen LogP) is 3.63. The summed E-state index contributed by atoms with van der Waals surface area (Å²) in [5.41, 5.74) is 1.83. The van der Waals surface area contributed by atoms with Crippen molar-refractivity contribution in [2.24, 2.45) is 5.10 Å². The molecule has 0 fully saturated rings. The SMILES string of the molecule is CC(=O)N1N=C(c2ccc(Cl)cc2)C[C@H]1c1ccco1. The standard InChI is InChI=1S/C15H13ClN2O2/c1-10(19)18-14(15-3-2-8-20-15)9-13(17-18)11-4-6-12(16)7-5-11/h2-8,14H,9H2,1H3/t14-/m0/s1. The monoisotopic (exact) mass is 288 g/mol. The summed E-state index contributed by atoms with van der Waals surface area (Å²) in [5.74, 6) is 0.642. The van der Waals surface area contributed by atoms with Gasteiger partial charge in [0.2, 0.25) is 5.91 Å². The van der Waals surface area contributed by atoms with Gasteiger partial charge in [-0.15, -0.1) is 0 Å². The van der Waals surface area contributed by atoms with Gasteiger partial charge < -0.3 is 4.42 Å². The van der Waals surface area contributed by atoms with E-state index in [-0.39, 0.29) is 11.9 Å². The Balaban J connectivity index is 1.92. The van der Waals surface area contributed by atoms with E-state index in [9.17, 15) is 4.79 Å². The van der Waals surface area contributed by atoms with Gasteiger partial charge in [0.25, 0.3) is 0 Å².